The molecule has 0 amide bonds. The highest BCUT2D eigenvalue weighted by atomic mass is 79.9. The van der Waals surface area contributed by atoms with Gasteiger partial charge in [-0.3, -0.25) is 0 Å². The van der Waals surface area contributed by atoms with Crippen molar-refractivity contribution < 1.29 is 22.6 Å². The van der Waals surface area contributed by atoms with Crippen molar-refractivity contribution in [2.24, 2.45) is 0 Å². The first kappa shape index (κ1) is 19.3. The Hall–Kier alpha value is -3.07. The smallest absolute Gasteiger partial charge is 0.472 e. The Morgan fingerprint density at radius 3 is 2.62 bits per heavy atom. The molecule has 148 valence electrons. The summed E-state index contributed by atoms with van der Waals surface area (Å²) in [4.78, 5) is 4.25. The van der Waals surface area contributed by atoms with E-state index in [4.69, 9.17) is 4.74 Å². The van der Waals surface area contributed by atoms with Crippen molar-refractivity contribution in [1.82, 2.24) is 14.6 Å². The van der Waals surface area contributed by atoms with Gasteiger partial charge in [0.05, 0.1) is 11.9 Å². The normalized spacial score (nSPS) is 11.6. The van der Waals surface area contributed by atoms with Crippen LogP contribution in [0.25, 0.3) is 16.9 Å². The molecule has 4 rings (SSSR count). The number of ether oxygens (including phenoxy) is 2. The number of rotatable bonds is 5. The molecule has 0 aliphatic rings. The fourth-order valence-electron chi connectivity index (χ4n) is 2.77. The Balaban J connectivity index is 1.61. The number of halogens is 4. The Morgan fingerprint density at radius 2 is 1.83 bits per heavy atom. The van der Waals surface area contributed by atoms with Gasteiger partial charge in [0, 0.05) is 16.1 Å². The van der Waals surface area contributed by atoms with Crippen molar-refractivity contribution in [2.45, 2.75) is 13.0 Å². The van der Waals surface area contributed by atoms with Crippen LogP contribution in [-0.4, -0.2) is 21.0 Å². The third-order valence-corrected chi connectivity index (χ3v) is 4.47. The maximum absolute atomic E-state index is 12.5. The second-order valence-corrected chi connectivity index (χ2v) is 6.99. The molecular formula is C20H13BrF3N3O2. The third kappa shape index (κ3) is 4.68. The maximum atomic E-state index is 12.5. The average molecular weight is 464 g/mol. The van der Waals surface area contributed by atoms with Crippen molar-refractivity contribution >= 4 is 21.6 Å². The molecule has 5 nitrogen and oxygen atoms in total. The first-order valence-corrected chi connectivity index (χ1v) is 9.25. The minimum Gasteiger partial charge on any atom is -0.472 e. The Morgan fingerprint density at radius 1 is 1.00 bits per heavy atom. The number of aromatic nitrogens is 3. The van der Waals surface area contributed by atoms with Crippen molar-refractivity contribution in [1.29, 1.82) is 0 Å². The summed E-state index contributed by atoms with van der Waals surface area (Å²) >= 11 is 3.41. The molecular weight excluding hydrogens is 451 g/mol. The summed E-state index contributed by atoms with van der Waals surface area (Å²) in [6.45, 7) is 0.316. The van der Waals surface area contributed by atoms with Crippen molar-refractivity contribution in [3.63, 3.8) is 0 Å². The summed E-state index contributed by atoms with van der Waals surface area (Å²) in [5.41, 5.74) is 2.50. The topological polar surface area (TPSA) is 48.7 Å². The van der Waals surface area contributed by atoms with Gasteiger partial charge in [0.2, 0.25) is 5.88 Å². The maximum Gasteiger partial charge on any atom is 0.573 e. The highest BCUT2D eigenvalue weighted by Crippen LogP contribution is 2.28. The van der Waals surface area contributed by atoms with Crippen molar-refractivity contribution in [2.75, 3.05) is 0 Å². The zero-order chi connectivity index (χ0) is 20.4. The fourth-order valence-corrected chi connectivity index (χ4v) is 3.21. The minimum atomic E-state index is -4.76. The molecule has 0 spiro atoms. The Bertz CT molecular complexity index is 1160. The zero-order valence-electron chi connectivity index (χ0n) is 14.7. The largest absolute Gasteiger partial charge is 0.573 e. The Kier molecular flexibility index (Phi) is 5.14. The summed E-state index contributed by atoms with van der Waals surface area (Å²) in [5.74, 6) is 0.0476. The second-order valence-electron chi connectivity index (χ2n) is 6.08. The van der Waals surface area contributed by atoms with E-state index in [9.17, 15) is 13.2 Å². The van der Waals surface area contributed by atoms with Gasteiger partial charge in [0.25, 0.3) is 0 Å². The standard InChI is InChI=1S/C20H13BrF3N3O2/c21-15-5-1-3-13(9-15)12-28-19-8-7-18-25-11-17(27(18)26-19)14-4-2-6-16(10-14)29-20(22,23)24/h1-11H,12H2. The van der Waals surface area contributed by atoms with Crippen LogP contribution in [0.2, 0.25) is 0 Å². The highest BCUT2D eigenvalue weighted by Gasteiger charge is 2.31. The lowest BCUT2D eigenvalue weighted by molar-refractivity contribution is -0.274. The molecule has 0 saturated carbocycles. The van der Waals surface area contributed by atoms with E-state index in [-0.39, 0.29) is 5.75 Å². The lowest BCUT2D eigenvalue weighted by Gasteiger charge is -2.10. The minimum absolute atomic E-state index is 0.313. The number of fused-ring (bicyclic) bond motifs is 1. The van der Waals surface area contributed by atoms with Crippen LogP contribution in [0.4, 0.5) is 13.2 Å². The molecule has 0 radical (unpaired) electrons. The van der Waals surface area contributed by atoms with Crippen LogP contribution in [0.1, 0.15) is 5.56 Å². The summed E-state index contributed by atoms with van der Waals surface area (Å²) < 4.78 is 49.7. The van der Waals surface area contributed by atoms with Gasteiger partial charge >= 0.3 is 6.36 Å². The summed E-state index contributed by atoms with van der Waals surface area (Å²) in [6.07, 6.45) is -3.23. The molecule has 2 heterocycles. The molecule has 0 N–H and O–H groups in total. The van der Waals surface area contributed by atoms with E-state index < -0.39 is 6.36 Å². The molecule has 0 aliphatic heterocycles. The molecule has 2 aromatic heterocycles. The quantitative estimate of drug-likeness (QED) is 0.384. The molecule has 0 unspecified atom stereocenters. The molecule has 0 fully saturated rings. The molecule has 0 atom stereocenters. The van der Waals surface area contributed by atoms with Gasteiger partial charge in [-0.05, 0) is 35.9 Å². The van der Waals surface area contributed by atoms with E-state index in [1.807, 2.05) is 24.3 Å². The van der Waals surface area contributed by atoms with Gasteiger partial charge in [0.1, 0.15) is 12.4 Å². The van der Waals surface area contributed by atoms with Crippen molar-refractivity contribution in [3.8, 4) is 22.9 Å². The summed E-state index contributed by atoms with van der Waals surface area (Å²) in [5, 5.41) is 4.41. The van der Waals surface area contributed by atoms with E-state index >= 15 is 0 Å². The van der Waals surface area contributed by atoms with Crippen LogP contribution >= 0.6 is 15.9 Å². The zero-order valence-corrected chi connectivity index (χ0v) is 16.3. The first-order valence-electron chi connectivity index (χ1n) is 8.46. The number of hydrogen-bond donors (Lipinski definition) is 0. The van der Waals surface area contributed by atoms with Crippen LogP contribution in [0.5, 0.6) is 11.6 Å². The molecule has 29 heavy (non-hydrogen) atoms. The molecule has 2 aromatic carbocycles. The molecule has 4 aromatic rings. The monoisotopic (exact) mass is 463 g/mol. The van der Waals surface area contributed by atoms with E-state index in [0.29, 0.717) is 29.4 Å². The predicted octanol–water partition coefficient (Wildman–Crippen LogP) is 5.64. The van der Waals surface area contributed by atoms with Gasteiger partial charge in [-0.15, -0.1) is 18.3 Å². The van der Waals surface area contributed by atoms with Crippen LogP contribution in [0.3, 0.4) is 0 Å². The third-order valence-electron chi connectivity index (χ3n) is 3.98. The number of hydrogen-bond acceptors (Lipinski definition) is 4. The van der Waals surface area contributed by atoms with E-state index in [1.54, 1.807) is 18.2 Å². The van der Waals surface area contributed by atoms with Gasteiger partial charge in [0.15, 0.2) is 5.65 Å². The SMILES string of the molecule is FC(F)(F)Oc1cccc(-c2cnc3ccc(OCc4cccc(Br)c4)nn23)c1. The van der Waals surface area contributed by atoms with Gasteiger partial charge < -0.3 is 9.47 Å². The number of nitrogens with zero attached hydrogens (tertiary/aromatic N) is 3. The average Bonchev–Trinajstić information content (AvgIpc) is 3.08. The highest BCUT2D eigenvalue weighted by molar-refractivity contribution is 9.10. The summed E-state index contributed by atoms with van der Waals surface area (Å²) in [6, 6.07) is 16.8. The summed E-state index contributed by atoms with van der Waals surface area (Å²) in [7, 11) is 0. The number of imidazole rings is 1. The fraction of sp³-hybridized carbons (Fsp3) is 0.100. The molecule has 0 bridgehead atoms. The lowest BCUT2D eigenvalue weighted by Crippen LogP contribution is -2.17. The van der Waals surface area contributed by atoms with Gasteiger partial charge in [-0.25, -0.2) is 9.50 Å². The van der Waals surface area contributed by atoms with E-state index in [1.165, 1.54) is 28.9 Å². The van der Waals surface area contributed by atoms with E-state index in [0.717, 1.165) is 10.0 Å². The van der Waals surface area contributed by atoms with Gasteiger partial charge in [-0.2, -0.15) is 0 Å². The predicted molar refractivity (Wildman–Crippen MR) is 104 cm³/mol. The van der Waals surface area contributed by atoms with Crippen LogP contribution < -0.4 is 9.47 Å². The van der Waals surface area contributed by atoms with Crippen LogP contribution in [0.15, 0.2) is 71.3 Å². The molecule has 9 heteroatoms. The van der Waals surface area contributed by atoms with Crippen molar-refractivity contribution in [3.05, 3.63) is 76.9 Å². The second kappa shape index (κ2) is 7.75. The lowest BCUT2D eigenvalue weighted by atomic mass is 10.1. The van der Waals surface area contributed by atoms with Crippen LogP contribution in [0, 0.1) is 0 Å². The number of alkyl halides is 3. The molecule has 0 aliphatic carbocycles. The Labute approximate surface area is 171 Å². The first-order chi connectivity index (χ1) is 13.9. The number of benzene rings is 2. The van der Waals surface area contributed by atoms with Gasteiger partial charge in [-0.1, -0.05) is 40.2 Å². The van der Waals surface area contributed by atoms with E-state index in [2.05, 4.69) is 30.7 Å². The van der Waals surface area contributed by atoms with Crippen LogP contribution in [-0.2, 0) is 6.61 Å². The molecule has 0 saturated heterocycles.